The minimum Gasteiger partial charge on any atom is -0.317 e. The molecule has 0 bridgehead atoms. The Morgan fingerprint density at radius 3 is 2.94 bits per heavy atom. The third-order valence-electron chi connectivity index (χ3n) is 2.95. The highest BCUT2D eigenvalue weighted by atomic mass is 32.2. The highest BCUT2D eigenvalue weighted by molar-refractivity contribution is 7.99. The predicted octanol–water partition coefficient (Wildman–Crippen LogP) is 0.683. The normalized spacial score (nSPS) is 17.8. The van der Waals surface area contributed by atoms with Crippen molar-refractivity contribution in [2.24, 2.45) is 5.92 Å². The first-order chi connectivity index (χ1) is 7.81. The molecule has 0 radical (unpaired) electrons. The second kappa shape index (κ2) is 5.54. The van der Waals surface area contributed by atoms with Crippen LogP contribution in [0.4, 0.5) is 0 Å². The number of aromatic nitrogens is 3. The number of rotatable bonds is 4. The van der Waals surface area contributed by atoms with Gasteiger partial charge in [-0.15, -0.1) is 5.10 Å². The molecule has 1 aliphatic heterocycles. The van der Waals surface area contributed by atoms with Gasteiger partial charge in [-0.3, -0.25) is 4.57 Å². The van der Waals surface area contributed by atoms with E-state index in [0.717, 1.165) is 29.9 Å². The first-order valence-electron chi connectivity index (χ1n) is 5.80. The van der Waals surface area contributed by atoms with E-state index >= 15 is 0 Å². The topological polar surface area (TPSA) is 62.7 Å². The molecular weight excluding hydrogens is 224 g/mol. The van der Waals surface area contributed by atoms with Crippen LogP contribution in [0.5, 0.6) is 0 Å². The number of piperidine rings is 1. The molecule has 5 nitrogen and oxygen atoms in total. The van der Waals surface area contributed by atoms with Crippen molar-refractivity contribution in [2.45, 2.75) is 31.5 Å². The van der Waals surface area contributed by atoms with E-state index in [1.165, 1.54) is 12.8 Å². The lowest BCUT2D eigenvalue weighted by Crippen LogP contribution is -2.28. The van der Waals surface area contributed by atoms with E-state index in [1.807, 2.05) is 6.92 Å². The third kappa shape index (κ3) is 2.68. The maximum absolute atomic E-state index is 11.3. The Hall–Kier alpha value is -0.750. The lowest BCUT2D eigenvalue weighted by Gasteiger charge is -2.21. The van der Waals surface area contributed by atoms with Crippen molar-refractivity contribution in [3.05, 3.63) is 10.5 Å². The van der Waals surface area contributed by atoms with Crippen LogP contribution in [0.2, 0.25) is 0 Å². The molecule has 6 heteroatoms. The van der Waals surface area contributed by atoms with E-state index in [0.29, 0.717) is 6.54 Å². The van der Waals surface area contributed by atoms with Gasteiger partial charge in [-0.1, -0.05) is 11.8 Å². The van der Waals surface area contributed by atoms with Gasteiger partial charge in [0.25, 0.3) is 0 Å². The molecular formula is C10H18N4OS. The van der Waals surface area contributed by atoms with Gasteiger partial charge in [0.1, 0.15) is 0 Å². The fourth-order valence-electron chi connectivity index (χ4n) is 1.93. The lowest BCUT2D eigenvalue weighted by molar-refractivity contribution is 0.407. The summed E-state index contributed by atoms with van der Waals surface area (Å²) in [5.41, 5.74) is -0.102. The molecule has 0 amide bonds. The molecule has 0 saturated carbocycles. The summed E-state index contributed by atoms with van der Waals surface area (Å²) in [5.74, 6) is 1.81. The van der Waals surface area contributed by atoms with Crippen LogP contribution in [0.15, 0.2) is 9.95 Å². The van der Waals surface area contributed by atoms with Gasteiger partial charge >= 0.3 is 5.69 Å². The summed E-state index contributed by atoms with van der Waals surface area (Å²) in [6.45, 7) is 4.88. The largest absolute Gasteiger partial charge is 0.343 e. The molecule has 0 unspecified atom stereocenters. The number of nitrogens with one attached hydrogen (secondary N) is 2. The van der Waals surface area contributed by atoms with Gasteiger partial charge < -0.3 is 5.32 Å². The molecule has 1 saturated heterocycles. The maximum atomic E-state index is 11.3. The van der Waals surface area contributed by atoms with Crippen molar-refractivity contribution in [1.29, 1.82) is 0 Å². The molecule has 0 aromatic carbocycles. The zero-order valence-electron chi connectivity index (χ0n) is 9.53. The number of hydrogen-bond acceptors (Lipinski definition) is 4. The maximum Gasteiger partial charge on any atom is 0.343 e. The van der Waals surface area contributed by atoms with Crippen molar-refractivity contribution in [2.75, 3.05) is 18.8 Å². The van der Waals surface area contributed by atoms with E-state index in [2.05, 4.69) is 15.5 Å². The Morgan fingerprint density at radius 2 is 2.25 bits per heavy atom. The standard InChI is InChI=1S/C10H18N4OS/c1-2-14-9(15)12-13-10(14)16-7-8-3-5-11-6-4-8/h8,11H,2-7H2,1H3,(H,12,15). The quantitative estimate of drug-likeness (QED) is 0.762. The summed E-state index contributed by atoms with van der Waals surface area (Å²) in [6.07, 6.45) is 2.46. The summed E-state index contributed by atoms with van der Waals surface area (Å²) in [5, 5.41) is 10.7. The van der Waals surface area contributed by atoms with Gasteiger partial charge in [-0.25, -0.2) is 9.89 Å². The van der Waals surface area contributed by atoms with Crippen molar-refractivity contribution in [1.82, 2.24) is 20.1 Å². The molecule has 1 aromatic rings. The first kappa shape index (κ1) is 11.7. The van der Waals surface area contributed by atoms with E-state index in [1.54, 1.807) is 16.3 Å². The lowest BCUT2D eigenvalue weighted by atomic mass is 10.0. The summed E-state index contributed by atoms with van der Waals surface area (Å²) in [4.78, 5) is 11.3. The van der Waals surface area contributed by atoms with Crippen LogP contribution in [0.25, 0.3) is 0 Å². The molecule has 1 fully saturated rings. The van der Waals surface area contributed by atoms with Crippen molar-refractivity contribution in [3.8, 4) is 0 Å². The minimum atomic E-state index is -0.102. The first-order valence-corrected chi connectivity index (χ1v) is 6.78. The van der Waals surface area contributed by atoms with Crippen LogP contribution in [0.1, 0.15) is 19.8 Å². The molecule has 1 aliphatic rings. The van der Waals surface area contributed by atoms with E-state index in [-0.39, 0.29) is 5.69 Å². The summed E-state index contributed by atoms with van der Waals surface area (Å²) in [7, 11) is 0. The molecule has 2 N–H and O–H groups in total. The van der Waals surface area contributed by atoms with E-state index in [9.17, 15) is 4.79 Å². The molecule has 2 heterocycles. The average Bonchev–Trinajstić information content (AvgIpc) is 2.68. The zero-order valence-corrected chi connectivity index (χ0v) is 10.3. The number of thioether (sulfide) groups is 1. The Balaban J connectivity index is 1.90. The highest BCUT2D eigenvalue weighted by Gasteiger charge is 2.15. The molecule has 16 heavy (non-hydrogen) atoms. The van der Waals surface area contributed by atoms with Crippen LogP contribution in [0, 0.1) is 5.92 Å². The van der Waals surface area contributed by atoms with Gasteiger partial charge in [0.15, 0.2) is 5.16 Å². The smallest absolute Gasteiger partial charge is 0.317 e. The SMILES string of the molecule is CCn1c(SCC2CCNCC2)n[nH]c1=O. The summed E-state index contributed by atoms with van der Waals surface area (Å²) < 4.78 is 1.69. The molecule has 0 atom stereocenters. The summed E-state index contributed by atoms with van der Waals surface area (Å²) in [6, 6.07) is 0. The van der Waals surface area contributed by atoms with Crippen LogP contribution >= 0.6 is 11.8 Å². The highest BCUT2D eigenvalue weighted by Crippen LogP contribution is 2.22. The second-order valence-electron chi connectivity index (χ2n) is 4.06. The Morgan fingerprint density at radius 1 is 1.50 bits per heavy atom. The zero-order chi connectivity index (χ0) is 11.4. The third-order valence-corrected chi connectivity index (χ3v) is 4.15. The molecule has 1 aromatic heterocycles. The second-order valence-corrected chi connectivity index (χ2v) is 5.05. The monoisotopic (exact) mass is 242 g/mol. The van der Waals surface area contributed by atoms with E-state index < -0.39 is 0 Å². The Kier molecular flexibility index (Phi) is 4.06. The van der Waals surface area contributed by atoms with Crippen LogP contribution in [0.3, 0.4) is 0 Å². The molecule has 90 valence electrons. The van der Waals surface area contributed by atoms with Gasteiger partial charge in [-0.2, -0.15) is 0 Å². The van der Waals surface area contributed by atoms with Crippen LogP contribution < -0.4 is 11.0 Å². The average molecular weight is 242 g/mol. The minimum absolute atomic E-state index is 0.102. The van der Waals surface area contributed by atoms with Gasteiger partial charge in [0.05, 0.1) is 0 Å². The fraction of sp³-hybridized carbons (Fsp3) is 0.800. The Labute approximate surface area is 99.0 Å². The van der Waals surface area contributed by atoms with Crippen LogP contribution in [-0.2, 0) is 6.54 Å². The van der Waals surface area contributed by atoms with Gasteiger partial charge in [0.2, 0.25) is 0 Å². The van der Waals surface area contributed by atoms with Gasteiger partial charge in [0, 0.05) is 12.3 Å². The van der Waals surface area contributed by atoms with E-state index in [4.69, 9.17) is 0 Å². The van der Waals surface area contributed by atoms with Crippen molar-refractivity contribution < 1.29 is 0 Å². The molecule has 2 rings (SSSR count). The van der Waals surface area contributed by atoms with Crippen molar-refractivity contribution in [3.63, 3.8) is 0 Å². The predicted molar refractivity (Wildman–Crippen MR) is 64.8 cm³/mol. The number of nitrogens with zero attached hydrogens (tertiary/aromatic N) is 2. The number of H-pyrrole nitrogens is 1. The Bertz CT molecular complexity index is 380. The van der Waals surface area contributed by atoms with Crippen LogP contribution in [-0.4, -0.2) is 33.6 Å². The fourth-order valence-corrected chi connectivity index (χ4v) is 3.13. The van der Waals surface area contributed by atoms with Crippen molar-refractivity contribution >= 4 is 11.8 Å². The molecule has 0 spiro atoms. The summed E-state index contributed by atoms with van der Waals surface area (Å²) >= 11 is 1.69. The van der Waals surface area contributed by atoms with Gasteiger partial charge in [-0.05, 0) is 38.8 Å². The number of aromatic amines is 1. The molecule has 0 aliphatic carbocycles. The number of hydrogen-bond donors (Lipinski definition) is 2.